The van der Waals surface area contributed by atoms with Crippen molar-refractivity contribution in [1.82, 2.24) is 10.6 Å². The second-order valence-electron chi connectivity index (χ2n) is 7.87. The summed E-state index contributed by atoms with van der Waals surface area (Å²) in [6.07, 6.45) is 2.48. The van der Waals surface area contributed by atoms with Gasteiger partial charge in [-0.2, -0.15) is 0 Å². The number of carboxylic acids is 1. The Morgan fingerprint density at radius 3 is 2.05 bits per heavy atom. The molecule has 5 nitrogen and oxygen atoms in total. The van der Waals surface area contributed by atoms with Gasteiger partial charge >= 0.3 is 5.97 Å². The number of nitrogens with one attached hydrogen (secondary N) is 2. The second kappa shape index (κ2) is 8.37. The molecule has 0 aliphatic heterocycles. The molecule has 124 valence electrons. The molecule has 0 aromatic heterocycles. The van der Waals surface area contributed by atoms with Crippen LogP contribution in [0.2, 0.25) is 0 Å². The smallest absolute Gasteiger partial charge is 0.326 e. The first-order valence-corrected chi connectivity index (χ1v) is 7.68. The quantitative estimate of drug-likeness (QED) is 0.602. The predicted molar refractivity (Wildman–Crippen MR) is 85.2 cm³/mol. The first-order chi connectivity index (χ1) is 9.41. The van der Waals surface area contributed by atoms with Gasteiger partial charge in [-0.3, -0.25) is 4.79 Å². The SMILES string of the molecule is CC(C)(C)CC(=O)N[C@@H](CCCCNC(C)(C)C)C(=O)O. The Bertz CT molecular complexity index is 340. The van der Waals surface area contributed by atoms with Gasteiger partial charge in [0.1, 0.15) is 6.04 Å². The highest BCUT2D eigenvalue weighted by atomic mass is 16.4. The molecule has 0 fully saturated rings. The van der Waals surface area contributed by atoms with E-state index in [-0.39, 0.29) is 16.9 Å². The van der Waals surface area contributed by atoms with Crippen LogP contribution in [0.5, 0.6) is 0 Å². The van der Waals surface area contributed by atoms with Gasteiger partial charge in [0, 0.05) is 12.0 Å². The maximum Gasteiger partial charge on any atom is 0.326 e. The molecule has 0 saturated heterocycles. The molecule has 1 atom stereocenters. The van der Waals surface area contributed by atoms with Gasteiger partial charge in [-0.05, 0) is 52.0 Å². The Morgan fingerprint density at radius 1 is 1.05 bits per heavy atom. The van der Waals surface area contributed by atoms with Crippen molar-refractivity contribution < 1.29 is 14.7 Å². The Balaban J connectivity index is 4.09. The highest BCUT2D eigenvalue weighted by Gasteiger charge is 2.22. The van der Waals surface area contributed by atoms with E-state index in [0.717, 1.165) is 19.4 Å². The zero-order valence-corrected chi connectivity index (χ0v) is 14.4. The second-order valence-corrected chi connectivity index (χ2v) is 7.87. The van der Waals surface area contributed by atoms with E-state index in [1.165, 1.54) is 0 Å². The average molecular weight is 300 g/mol. The van der Waals surface area contributed by atoms with Crippen LogP contribution in [0.3, 0.4) is 0 Å². The number of aliphatic carboxylic acids is 1. The van der Waals surface area contributed by atoms with Crippen molar-refractivity contribution in [3.05, 3.63) is 0 Å². The van der Waals surface area contributed by atoms with E-state index in [0.29, 0.717) is 12.8 Å². The largest absolute Gasteiger partial charge is 0.480 e. The molecule has 0 rings (SSSR count). The highest BCUT2D eigenvalue weighted by Crippen LogP contribution is 2.18. The van der Waals surface area contributed by atoms with Crippen LogP contribution in [-0.4, -0.2) is 35.1 Å². The van der Waals surface area contributed by atoms with Crippen LogP contribution in [0.15, 0.2) is 0 Å². The molecule has 3 N–H and O–H groups in total. The molecule has 0 aliphatic rings. The lowest BCUT2D eigenvalue weighted by atomic mass is 9.92. The van der Waals surface area contributed by atoms with Gasteiger partial charge in [0.05, 0.1) is 0 Å². The number of amides is 1. The number of carbonyl (C=O) groups excluding carboxylic acids is 1. The lowest BCUT2D eigenvalue weighted by Crippen LogP contribution is -2.42. The standard InChI is InChI=1S/C16H32N2O3/c1-15(2,3)11-13(19)18-12(14(20)21)9-7-8-10-17-16(4,5)6/h12,17H,7-11H2,1-6H3,(H,18,19)(H,20,21)/t12-/m0/s1. The molecule has 0 heterocycles. The van der Waals surface area contributed by atoms with E-state index in [9.17, 15) is 14.7 Å². The van der Waals surface area contributed by atoms with Crippen LogP contribution in [0, 0.1) is 5.41 Å². The molecule has 0 aromatic carbocycles. The van der Waals surface area contributed by atoms with Gasteiger partial charge in [-0.25, -0.2) is 4.79 Å². The molecular weight excluding hydrogens is 268 g/mol. The summed E-state index contributed by atoms with van der Waals surface area (Å²) in [5, 5.41) is 15.2. The molecule has 0 bridgehead atoms. The molecule has 0 saturated carbocycles. The van der Waals surface area contributed by atoms with E-state index in [4.69, 9.17) is 0 Å². The normalized spacial score (nSPS) is 13.8. The summed E-state index contributed by atoms with van der Waals surface area (Å²) >= 11 is 0. The average Bonchev–Trinajstić information content (AvgIpc) is 2.22. The van der Waals surface area contributed by atoms with Gasteiger partial charge in [-0.15, -0.1) is 0 Å². The molecule has 0 aromatic rings. The number of carbonyl (C=O) groups is 2. The third-order valence-electron chi connectivity index (χ3n) is 2.90. The predicted octanol–water partition coefficient (Wildman–Crippen LogP) is 2.55. The van der Waals surface area contributed by atoms with E-state index < -0.39 is 12.0 Å². The highest BCUT2D eigenvalue weighted by molar-refractivity contribution is 5.83. The minimum Gasteiger partial charge on any atom is -0.480 e. The van der Waals surface area contributed by atoms with E-state index in [1.807, 2.05) is 20.8 Å². The van der Waals surface area contributed by atoms with Crippen LogP contribution >= 0.6 is 0 Å². The Morgan fingerprint density at radius 2 is 1.62 bits per heavy atom. The van der Waals surface area contributed by atoms with Crippen LogP contribution in [0.4, 0.5) is 0 Å². The van der Waals surface area contributed by atoms with Crippen molar-refractivity contribution in [2.75, 3.05) is 6.54 Å². The Hall–Kier alpha value is -1.10. The zero-order valence-electron chi connectivity index (χ0n) is 14.4. The maximum absolute atomic E-state index is 11.8. The summed E-state index contributed by atoms with van der Waals surface area (Å²) in [6, 6.07) is -0.783. The van der Waals surface area contributed by atoms with Crippen molar-refractivity contribution in [3.8, 4) is 0 Å². The molecule has 5 heteroatoms. The van der Waals surface area contributed by atoms with Crippen molar-refractivity contribution in [2.24, 2.45) is 5.41 Å². The lowest BCUT2D eigenvalue weighted by molar-refractivity contribution is -0.142. The van der Waals surface area contributed by atoms with E-state index in [2.05, 4.69) is 31.4 Å². The molecule has 0 aliphatic carbocycles. The van der Waals surface area contributed by atoms with Crippen molar-refractivity contribution in [2.45, 2.75) is 78.8 Å². The van der Waals surface area contributed by atoms with Gasteiger partial charge in [0.2, 0.25) is 5.91 Å². The monoisotopic (exact) mass is 300 g/mol. The van der Waals surface area contributed by atoms with Crippen molar-refractivity contribution in [1.29, 1.82) is 0 Å². The fourth-order valence-electron chi connectivity index (χ4n) is 1.92. The number of hydrogen-bond acceptors (Lipinski definition) is 3. The maximum atomic E-state index is 11.8. The minimum atomic E-state index is -0.957. The van der Waals surface area contributed by atoms with Gasteiger partial charge in [0.15, 0.2) is 0 Å². The van der Waals surface area contributed by atoms with Crippen molar-refractivity contribution in [3.63, 3.8) is 0 Å². The summed E-state index contributed by atoms with van der Waals surface area (Å²) in [5.74, 6) is -1.15. The fourth-order valence-corrected chi connectivity index (χ4v) is 1.92. The van der Waals surface area contributed by atoms with Crippen LogP contribution < -0.4 is 10.6 Å². The Labute approximate surface area is 128 Å². The van der Waals surface area contributed by atoms with Gasteiger partial charge in [0.25, 0.3) is 0 Å². The van der Waals surface area contributed by atoms with E-state index in [1.54, 1.807) is 0 Å². The van der Waals surface area contributed by atoms with Gasteiger partial charge in [-0.1, -0.05) is 20.8 Å². The summed E-state index contributed by atoms with van der Waals surface area (Å²) in [4.78, 5) is 23.0. The van der Waals surface area contributed by atoms with Crippen LogP contribution in [-0.2, 0) is 9.59 Å². The first-order valence-electron chi connectivity index (χ1n) is 7.68. The minimum absolute atomic E-state index is 0.0765. The molecule has 0 unspecified atom stereocenters. The third-order valence-corrected chi connectivity index (χ3v) is 2.90. The Kier molecular flexibility index (Phi) is 7.93. The number of hydrogen-bond donors (Lipinski definition) is 3. The number of unbranched alkanes of at least 4 members (excludes halogenated alkanes) is 1. The van der Waals surface area contributed by atoms with Crippen LogP contribution in [0.1, 0.15) is 67.2 Å². The molecule has 21 heavy (non-hydrogen) atoms. The molecular formula is C16H32N2O3. The third kappa shape index (κ3) is 12.4. The van der Waals surface area contributed by atoms with Crippen molar-refractivity contribution >= 4 is 11.9 Å². The lowest BCUT2D eigenvalue weighted by Gasteiger charge is -2.21. The van der Waals surface area contributed by atoms with Gasteiger partial charge < -0.3 is 15.7 Å². The summed E-state index contributed by atoms with van der Waals surface area (Å²) in [7, 11) is 0. The van der Waals surface area contributed by atoms with E-state index >= 15 is 0 Å². The summed E-state index contributed by atoms with van der Waals surface area (Å²) in [6.45, 7) is 13.0. The summed E-state index contributed by atoms with van der Waals surface area (Å²) < 4.78 is 0. The molecule has 0 spiro atoms. The number of rotatable bonds is 8. The molecule has 0 radical (unpaired) electrons. The van der Waals surface area contributed by atoms with Crippen LogP contribution in [0.25, 0.3) is 0 Å². The summed E-state index contributed by atoms with van der Waals surface area (Å²) in [5.41, 5.74) is -0.0586. The first kappa shape index (κ1) is 19.9. The fraction of sp³-hybridized carbons (Fsp3) is 0.875. The molecule has 1 amide bonds. The zero-order chi connectivity index (χ0) is 16.7. The topological polar surface area (TPSA) is 78.4 Å². The number of carboxylic acid groups (broad SMARTS) is 1.